The summed E-state index contributed by atoms with van der Waals surface area (Å²) >= 11 is 1.44. The Bertz CT molecular complexity index is 242. The first-order valence-electron chi connectivity index (χ1n) is 3.76. The van der Waals surface area contributed by atoms with E-state index >= 15 is 0 Å². The van der Waals surface area contributed by atoms with Crippen LogP contribution in [-0.2, 0) is 6.42 Å². The summed E-state index contributed by atoms with van der Waals surface area (Å²) in [4.78, 5) is 0. The molecule has 1 rings (SSSR count). The van der Waals surface area contributed by atoms with E-state index < -0.39 is 12.3 Å². The van der Waals surface area contributed by atoms with E-state index in [4.69, 9.17) is 5.11 Å². The number of hydrogen-bond donors (Lipinski definition) is 1. The van der Waals surface area contributed by atoms with Crippen molar-refractivity contribution >= 4 is 11.3 Å². The van der Waals surface area contributed by atoms with E-state index in [-0.39, 0.29) is 12.8 Å². The summed E-state index contributed by atoms with van der Waals surface area (Å²) in [6.45, 7) is 0. The highest BCUT2D eigenvalue weighted by molar-refractivity contribution is 7.07. The number of aliphatic hydroxyl groups is 1. The molecule has 1 heterocycles. The molecular weight excluding hydrogens is 201 g/mol. The third-order valence-electron chi connectivity index (χ3n) is 1.66. The molecule has 0 fully saturated rings. The minimum atomic E-state index is -4.49. The number of thiophene rings is 1. The fourth-order valence-electron chi connectivity index (χ4n) is 0.902. The normalized spacial score (nSPS) is 14.5. The molecule has 0 radical (unpaired) electrons. The number of hydrogen-bond acceptors (Lipinski definition) is 2. The molecule has 1 aromatic rings. The molecule has 0 spiro atoms. The summed E-state index contributed by atoms with van der Waals surface area (Å²) < 4.78 is 35.5. The van der Waals surface area contributed by atoms with Crippen LogP contribution in [0.1, 0.15) is 12.0 Å². The van der Waals surface area contributed by atoms with Crippen molar-refractivity contribution in [1.82, 2.24) is 0 Å². The minimum absolute atomic E-state index is 0.264. The molecule has 0 aliphatic rings. The number of halogens is 3. The molecule has 1 atom stereocenters. The van der Waals surface area contributed by atoms with Gasteiger partial charge in [0.1, 0.15) is 6.10 Å². The van der Waals surface area contributed by atoms with Crippen LogP contribution >= 0.6 is 11.3 Å². The quantitative estimate of drug-likeness (QED) is 0.813. The van der Waals surface area contributed by atoms with Gasteiger partial charge in [0.25, 0.3) is 0 Å². The molecule has 0 aromatic carbocycles. The van der Waals surface area contributed by atoms with Gasteiger partial charge in [0.2, 0.25) is 0 Å². The molecule has 1 aromatic heterocycles. The lowest BCUT2D eigenvalue weighted by atomic mass is 10.1. The standard InChI is InChI=1S/C8H9F3OS/c9-8(10,11)7(12)2-1-6-3-4-13-5-6/h3-5,7,12H,1-2H2/t7-/m0/s1. The molecule has 0 saturated heterocycles. The second kappa shape index (κ2) is 4.11. The maximum absolute atomic E-state index is 11.8. The zero-order valence-electron chi connectivity index (χ0n) is 6.71. The molecule has 0 amide bonds. The smallest absolute Gasteiger partial charge is 0.384 e. The van der Waals surface area contributed by atoms with Crippen LogP contribution in [0.15, 0.2) is 16.8 Å². The molecule has 0 unspecified atom stereocenters. The van der Waals surface area contributed by atoms with Gasteiger partial charge in [-0.2, -0.15) is 24.5 Å². The van der Waals surface area contributed by atoms with E-state index in [1.807, 2.05) is 0 Å². The first-order chi connectivity index (χ1) is 6.00. The van der Waals surface area contributed by atoms with Gasteiger partial charge in [0.15, 0.2) is 0 Å². The summed E-state index contributed by atoms with van der Waals surface area (Å²) in [5.74, 6) is 0. The largest absolute Gasteiger partial charge is 0.414 e. The molecule has 1 nitrogen and oxygen atoms in total. The Morgan fingerprint density at radius 1 is 1.46 bits per heavy atom. The van der Waals surface area contributed by atoms with Crippen molar-refractivity contribution < 1.29 is 18.3 Å². The lowest BCUT2D eigenvalue weighted by Crippen LogP contribution is -2.28. The van der Waals surface area contributed by atoms with E-state index in [1.165, 1.54) is 11.3 Å². The van der Waals surface area contributed by atoms with Crippen molar-refractivity contribution in [2.24, 2.45) is 0 Å². The van der Waals surface area contributed by atoms with Crippen molar-refractivity contribution in [2.45, 2.75) is 25.1 Å². The Hall–Kier alpha value is -0.550. The van der Waals surface area contributed by atoms with E-state index in [0.717, 1.165) is 5.56 Å². The van der Waals surface area contributed by atoms with Gasteiger partial charge in [-0.15, -0.1) is 0 Å². The van der Waals surface area contributed by atoms with Gasteiger partial charge >= 0.3 is 6.18 Å². The van der Waals surface area contributed by atoms with Gasteiger partial charge in [0.05, 0.1) is 0 Å². The van der Waals surface area contributed by atoms with Crippen molar-refractivity contribution in [1.29, 1.82) is 0 Å². The lowest BCUT2D eigenvalue weighted by molar-refractivity contribution is -0.205. The van der Waals surface area contributed by atoms with Crippen molar-refractivity contribution in [3.63, 3.8) is 0 Å². The van der Waals surface area contributed by atoms with E-state index in [9.17, 15) is 13.2 Å². The summed E-state index contributed by atoms with van der Waals surface area (Å²) in [5.41, 5.74) is 0.841. The number of aryl methyl sites for hydroxylation is 1. The molecule has 0 aliphatic carbocycles. The number of alkyl halides is 3. The van der Waals surface area contributed by atoms with E-state index in [1.54, 1.807) is 16.8 Å². The Morgan fingerprint density at radius 3 is 2.62 bits per heavy atom. The third kappa shape index (κ3) is 3.36. The van der Waals surface area contributed by atoms with Crippen LogP contribution in [0.2, 0.25) is 0 Å². The van der Waals surface area contributed by atoms with Crippen molar-refractivity contribution in [3.05, 3.63) is 22.4 Å². The van der Waals surface area contributed by atoms with E-state index in [0.29, 0.717) is 0 Å². The maximum Gasteiger partial charge on any atom is 0.414 e. The van der Waals surface area contributed by atoms with Gasteiger partial charge < -0.3 is 5.11 Å². The summed E-state index contributed by atoms with van der Waals surface area (Å²) in [5, 5.41) is 12.2. The number of aliphatic hydroxyl groups excluding tert-OH is 1. The van der Waals surface area contributed by atoms with Crippen LogP contribution < -0.4 is 0 Å². The Balaban J connectivity index is 2.35. The Morgan fingerprint density at radius 2 is 2.15 bits per heavy atom. The average molecular weight is 210 g/mol. The molecule has 5 heteroatoms. The zero-order valence-corrected chi connectivity index (χ0v) is 7.53. The fraction of sp³-hybridized carbons (Fsp3) is 0.500. The second-order valence-corrected chi connectivity index (χ2v) is 3.51. The van der Waals surface area contributed by atoms with Crippen LogP contribution in [0.5, 0.6) is 0 Å². The second-order valence-electron chi connectivity index (χ2n) is 2.73. The average Bonchev–Trinajstić information content (AvgIpc) is 2.50. The molecule has 0 aliphatic heterocycles. The highest BCUT2D eigenvalue weighted by atomic mass is 32.1. The maximum atomic E-state index is 11.8. The first kappa shape index (κ1) is 10.5. The molecule has 74 valence electrons. The van der Waals surface area contributed by atoms with Gasteiger partial charge in [-0.1, -0.05) is 0 Å². The van der Waals surface area contributed by atoms with Crippen LogP contribution in [-0.4, -0.2) is 17.4 Å². The molecule has 0 saturated carbocycles. The minimum Gasteiger partial charge on any atom is -0.384 e. The summed E-state index contributed by atoms with van der Waals surface area (Å²) in [6, 6.07) is 1.76. The first-order valence-corrected chi connectivity index (χ1v) is 4.70. The monoisotopic (exact) mass is 210 g/mol. The zero-order chi connectivity index (χ0) is 9.90. The van der Waals surface area contributed by atoms with Crippen molar-refractivity contribution in [3.8, 4) is 0 Å². The number of rotatable bonds is 3. The van der Waals surface area contributed by atoms with Crippen LogP contribution in [0, 0.1) is 0 Å². The highest BCUT2D eigenvalue weighted by Crippen LogP contribution is 2.23. The Kier molecular flexibility index (Phi) is 3.33. The Labute approximate surface area is 77.8 Å². The van der Waals surface area contributed by atoms with Crippen LogP contribution in [0.3, 0.4) is 0 Å². The molecular formula is C8H9F3OS. The topological polar surface area (TPSA) is 20.2 Å². The summed E-state index contributed by atoms with van der Waals surface area (Å²) in [6.07, 6.45) is -6.69. The fourth-order valence-corrected chi connectivity index (χ4v) is 1.61. The predicted octanol–water partition coefficient (Wildman–Crippen LogP) is 2.60. The summed E-state index contributed by atoms with van der Waals surface area (Å²) in [7, 11) is 0. The van der Waals surface area contributed by atoms with Crippen LogP contribution in [0.4, 0.5) is 13.2 Å². The molecule has 0 bridgehead atoms. The van der Waals surface area contributed by atoms with Crippen molar-refractivity contribution in [2.75, 3.05) is 0 Å². The van der Waals surface area contributed by atoms with Gasteiger partial charge in [-0.3, -0.25) is 0 Å². The van der Waals surface area contributed by atoms with Gasteiger partial charge in [0, 0.05) is 0 Å². The third-order valence-corrected chi connectivity index (χ3v) is 2.40. The van der Waals surface area contributed by atoms with Gasteiger partial charge in [-0.05, 0) is 35.2 Å². The lowest BCUT2D eigenvalue weighted by Gasteiger charge is -2.13. The predicted molar refractivity (Wildman–Crippen MR) is 44.7 cm³/mol. The molecule has 13 heavy (non-hydrogen) atoms. The van der Waals surface area contributed by atoms with Crippen LogP contribution in [0.25, 0.3) is 0 Å². The molecule has 1 N–H and O–H groups in total. The van der Waals surface area contributed by atoms with E-state index in [2.05, 4.69) is 0 Å². The SMILES string of the molecule is O[C@@H](CCc1ccsc1)C(F)(F)F. The van der Waals surface area contributed by atoms with Gasteiger partial charge in [-0.25, -0.2) is 0 Å². The highest BCUT2D eigenvalue weighted by Gasteiger charge is 2.37.